The molecule has 0 amide bonds. The number of benzene rings is 1. The lowest BCUT2D eigenvalue weighted by Crippen LogP contribution is -1.98. The molecule has 4 heteroatoms. The lowest BCUT2D eigenvalue weighted by molar-refractivity contribution is 0.0703. The molecule has 1 aromatic carbocycles. The van der Waals surface area contributed by atoms with E-state index in [9.17, 15) is 4.79 Å². The summed E-state index contributed by atoms with van der Waals surface area (Å²) in [5.74, 6) is -0.897. The van der Waals surface area contributed by atoms with E-state index in [1.807, 2.05) is 32.0 Å². The van der Waals surface area contributed by atoms with Crippen LogP contribution in [0.15, 0.2) is 29.6 Å². The molecular weight excluding hydrogens is 234 g/mol. The quantitative estimate of drug-likeness (QED) is 0.867. The molecule has 0 saturated heterocycles. The number of anilines is 2. The number of aromatic carboxylic acids is 1. The van der Waals surface area contributed by atoms with Crippen molar-refractivity contribution in [3.05, 3.63) is 45.6 Å². The fourth-order valence-electron chi connectivity index (χ4n) is 1.55. The van der Waals surface area contributed by atoms with Gasteiger partial charge in [-0.25, -0.2) is 4.79 Å². The molecule has 17 heavy (non-hydrogen) atoms. The van der Waals surface area contributed by atoms with Gasteiger partial charge in [-0.15, -0.1) is 11.3 Å². The van der Waals surface area contributed by atoms with Crippen LogP contribution in [-0.4, -0.2) is 11.1 Å². The lowest BCUT2D eigenvalue weighted by Gasteiger charge is -2.08. The maximum Gasteiger partial charge on any atom is 0.348 e. The van der Waals surface area contributed by atoms with Crippen LogP contribution in [0.2, 0.25) is 0 Å². The Hall–Kier alpha value is -1.81. The van der Waals surface area contributed by atoms with Gasteiger partial charge in [0.05, 0.1) is 5.69 Å². The average Bonchev–Trinajstić information content (AvgIpc) is 2.72. The highest BCUT2D eigenvalue weighted by Crippen LogP contribution is 2.26. The van der Waals surface area contributed by atoms with E-state index in [4.69, 9.17) is 5.11 Å². The summed E-state index contributed by atoms with van der Waals surface area (Å²) in [6, 6.07) is 7.76. The van der Waals surface area contributed by atoms with E-state index in [0.29, 0.717) is 10.6 Å². The van der Waals surface area contributed by atoms with Gasteiger partial charge >= 0.3 is 5.97 Å². The normalized spacial score (nSPS) is 10.2. The van der Waals surface area contributed by atoms with Gasteiger partial charge in [0.2, 0.25) is 0 Å². The maximum absolute atomic E-state index is 11.0. The van der Waals surface area contributed by atoms with E-state index >= 15 is 0 Å². The van der Waals surface area contributed by atoms with Crippen molar-refractivity contribution in [1.29, 1.82) is 0 Å². The summed E-state index contributed by atoms with van der Waals surface area (Å²) in [6.07, 6.45) is 0. The van der Waals surface area contributed by atoms with Gasteiger partial charge in [0.15, 0.2) is 0 Å². The summed E-state index contributed by atoms with van der Waals surface area (Å²) in [6.45, 7) is 4.08. The first-order chi connectivity index (χ1) is 8.08. The van der Waals surface area contributed by atoms with Crippen molar-refractivity contribution in [3.63, 3.8) is 0 Å². The van der Waals surface area contributed by atoms with Gasteiger partial charge in [-0.3, -0.25) is 0 Å². The Kier molecular flexibility index (Phi) is 3.15. The molecule has 0 aliphatic carbocycles. The minimum atomic E-state index is -0.897. The molecule has 1 aromatic heterocycles. The fourth-order valence-corrected chi connectivity index (χ4v) is 2.24. The Morgan fingerprint density at radius 3 is 2.65 bits per heavy atom. The first-order valence-corrected chi connectivity index (χ1v) is 6.11. The van der Waals surface area contributed by atoms with Crippen molar-refractivity contribution in [2.75, 3.05) is 5.32 Å². The maximum atomic E-state index is 11.0. The molecule has 2 rings (SSSR count). The summed E-state index contributed by atoms with van der Waals surface area (Å²) in [5, 5.41) is 13.9. The van der Waals surface area contributed by atoms with Gasteiger partial charge < -0.3 is 10.4 Å². The summed E-state index contributed by atoms with van der Waals surface area (Å²) < 4.78 is 0. The van der Waals surface area contributed by atoms with Crippen LogP contribution in [0.25, 0.3) is 0 Å². The second kappa shape index (κ2) is 4.59. The number of carboxylic acids is 1. The highest BCUT2D eigenvalue weighted by atomic mass is 32.1. The van der Waals surface area contributed by atoms with E-state index < -0.39 is 5.97 Å². The number of carboxylic acid groups (broad SMARTS) is 1. The molecule has 0 aliphatic heterocycles. The molecule has 0 atom stereocenters. The SMILES string of the molecule is Cc1ccc(Nc2ccsc2C(=O)O)cc1C. The summed E-state index contributed by atoms with van der Waals surface area (Å²) >= 11 is 1.22. The molecule has 0 aliphatic rings. The highest BCUT2D eigenvalue weighted by molar-refractivity contribution is 7.12. The number of carbonyl (C=O) groups is 1. The number of aryl methyl sites for hydroxylation is 2. The zero-order chi connectivity index (χ0) is 12.4. The van der Waals surface area contributed by atoms with Gasteiger partial charge in [0, 0.05) is 5.69 Å². The van der Waals surface area contributed by atoms with Crippen LogP contribution in [0.4, 0.5) is 11.4 Å². The second-order valence-corrected chi connectivity index (χ2v) is 4.81. The zero-order valence-corrected chi connectivity index (χ0v) is 10.5. The molecule has 3 nitrogen and oxygen atoms in total. The van der Waals surface area contributed by atoms with Crippen LogP contribution < -0.4 is 5.32 Å². The van der Waals surface area contributed by atoms with E-state index in [1.165, 1.54) is 22.5 Å². The molecular formula is C13H13NO2S. The van der Waals surface area contributed by atoms with E-state index in [0.717, 1.165) is 5.69 Å². The lowest BCUT2D eigenvalue weighted by atomic mass is 10.1. The summed E-state index contributed by atoms with van der Waals surface area (Å²) in [5.41, 5.74) is 3.96. The minimum absolute atomic E-state index is 0.336. The van der Waals surface area contributed by atoms with Crippen LogP contribution in [0.3, 0.4) is 0 Å². The molecule has 88 valence electrons. The highest BCUT2D eigenvalue weighted by Gasteiger charge is 2.11. The Morgan fingerprint density at radius 2 is 2.00 bits per heavy atom. The molecule has 0 unspecified atom stereocenters. The topological polar surface area (TPSA) is 49.3 Å². The van der Waals surface area contributed by atoms with Crippen LogP contribution in [0.5, 0.6) is 0 Å². The fraction of sp³-hybridized carbons (Fsp3) is 0.154. The third kappa shape index (κ3) is 2.47. The largest absolute Gasteiger partial charge is 0.477 e. The third-order valence-electron chi connectivity index (χ3n) is 2.65. The van der Waals surface area contributed by atoms with E-state index in [-0.39, 0.29) is 0 Å². The van der Waals surface area contributed by atoms with Crippen molar-refractivity contribution >= 4 is 28.7 Å². The Balaban J connectivity index is 2.28. The predicted molar refractivity (Wildman–Crippen MR) is 70.5 cm³/mol. The first-order valence-electron chi connectivity index (χ1n) is 5.23. The molecule has 0 spiro atoms. The van der Waals surface area contributed by atoms with Gasteiger partial charge in [-0.1, -0.05) is 6.07 Å². The first kappa shape index (κ1) is 11.7. The summed E-state index contributed by atoms with van der Waals surface area (Å²) in [7, 11) is 0. The molecule has 0 fully saturated rings. The average molecular weight is 247 g/mol. The number of hydrogen-bond acceptors (Lipinski definition) is 3. The number of nitrogens with one attached hydrogen (secondary N) is 1. The molecule has 0 radical (unpaired) electrons. The number of rotatable bonds is 3. The van der Waals surface area contributed by atoms with Crippen molar-refractivity contribution in [2.24, 2.45) is 0 Å². The monoisotopic (exact) mass is 247 g/mol. The van der Waals surface area contributed by atoms with Crippen LogP contribution >= 0.6 is 11.3 Å². The summed E-state index contributed by atoms with van der Waals surface area (Å²) in [4.78, 5) is 11.3. The van der Waals surface area contributed by atoms with Gasteiger partial charge in [-0.2, -0.15) is 0 Å². The Labute approximate surface area is 104 Å². The smallest absolute Gasteiger partial charge is 0.348 e. The van der Waals surface area contributed by atoms with Crippen LogP contribution in [0, 0.1) is 13.8 Å². The Morgan fingerprint density at radius 1 is 1.24 bits per heavy atom. The third-order valence-corrected chi connectivity index (χ3v) is 3.55. The van der Waals surface area contributed by atoms with Crippen molar-refractivity contribution in [3.8, 4) is 0 Å². The van der Waals surface area contributed by atoms with Gasteiger partial charge in [0.1, 0.15) is 4.88 Å². The minimum Gasteiger partial charge on any atom is -0.477 e. The van der Waals surface area contributed by atoms with Crippen molar-refractivity contribution < 1.29 is 9.90 Å². The van der Waals surface area contributed by atoms with Crippen LogP contribution in [0.1, 0.15) is 20.8 Å². The van der Waals surface area contributed by atoms with E-state index in [2.05, 4.69) is 5.32 Å². The molecule has 0 bridgehead atoms. The standard InChI is InChI=1S/C13H13NO2S/c1-8-3-4-10(7-9(8)2)14-11-5-6-17-12(11)13(15)16/h3-7,14H,1-2H3,(H,15,16). The van der Waals surface area contributed by atoms with E-state index in [1.54, 1.807) is 11.4 Å². The van der Waals surface area contributed by atoms with Gasteiger partial charge in [0.25, 0.3) is 0 Å². The molecule has 0 saturated carbocycles. The second-order valence-electron chi connectivity index (χ2n) is 3.89. The zero-order valence-electron chi connectivity index (χ0n) is 9.65. The predicted octanol–water partition coefficient (Wildman–Crippen LogP) is 3.81. The van der Waals surface area contributed by atoms with Gasteiger partial charge in [-0.05, 0) is 48.6 Å². The van der Waals surface area contributed by atoms with Crippen LogP contribution in [-0.2, 0) is 0 Å². The molecule has 2 aromatic rings. The number of hydrogen-bond donors (Lipinski definition) is 2. The molecule has 1 heterocycles. The van der Waals surface area contributed by atoms with Crippen molar-refractivity contribution in [1.82, 2.24) is 0 Å². The van der Waals surface area contributed by atoms with Crippen molar-refractivity contribution in [2.45, 2.75) is 13.8 Å². The Bertz CT molecular complexity index is 560. The molecule has 2 N–H and O–H groups in total. The number of thiophene rings is 1.